The van der Waals surface area contributed by atoms with E-state index < -0.39 is 9.84 Å². The molecule has 0 radical (unpaired) electrons. The average molecular weight is 316 g/mol. The summed E-state index contributed by atoms with van der Waals surface area (Å²) in [4.78, 5) is 16.5. The van der Waals surface area contributed by atoms with Crippen LogP contribution in [-0.2, 0) is 14.6 Å². The Morgan fingerprint density at radius 3 is 2.48 bits per heavy atom. The lowest BCUT2D eigenvalue weighted by Gasteiger charge is -2.35. The van der Waals surface area contributed by atoms with Gasteiger partial charge in [0.1, 0.15) is 9.84 Å². The molecule has 2 heterocycles. The predicted octanol–water partition coefficient (Wildman–Crippen LogP) is 1.29. The first kappa shape index (κ1) is 16.7. The van der Waals surface area contributed by atoms with Crippen molar-refractivity contribution in [2.24, 2.45) is 0 Å². The number of amides is 1. The normalized spacial score (nSPS) is 27.4. The Bertz CT molecular complexity index is 464. The molecular formula is C15H28N2O3S. The zero-order chi connectivity index (χ0) is 15.5. The second kappa shape index (κ2) is 7.09. The molecule has 0 aliphatic carbocycles. The topological polar surface area (TPSA) is 57.7 Å². The van der Waals surface area contributed by atoms with E-state index in [4.69, 9.17) is 0 Å². The summed E-state index contributed by atoms with van der Waals surface area (Å²) in [7, 11) is -2.87. The van der Waals surface area contributed by atoms with E-state index in [0.717, 1.165) is 45.3 Å². The molecule has 21 heavy (non-hydrogen) atoms. The third kappa shape index (κ3) is 4.42. The lowest BCUT2D eigenvalue weighted by Crippen LogP contribution is -2.48. The number of hydrogen-bond donors (Lipinski definition) is 0. The van der Waals surface area contributed by atoms with Crippen LogP contribution in [0.2, 0.25) is 0 Å². The predicted molar refractivity (Wildman–Crippen MR) is 83.9 cm³/mol. The van der Waals surface area contributed by atoms with Crippen LogP contribution >= 0.6 is 0 Å². The van der Waals surface area contributed by atoms with Crippen LogP contribution in [0.4, 0.5) is 0 Å². The Hall–Kier alpha value is -0.620. The fraction of sp³-hybridized carbons (Fsp3) is 0.933. The molecule has 0 saturated carbocycles. The van der Waals surface area contributed by atoms with E-state index >= 15 is 0 Å². The molecule has 5 nitrogen and oxygen atoms in total. The maximum atomic E-state index is 12.1. The molecular weight excluding hydrogens is 288 g/mol. The van der Waals surface area contributed by atoms with Crippen molar-refractivity contribution in [3.8, 4) is 0 Å². The Morgan fingerprint density at radius 2 is 1.81 bits per heavy atom. The van der Waals surface area contributed by atoms with Gasteiger partial charge < -0.3 is 4.90 Å². The lowest BCUT2D eigenvalue weighted by atomic mass is 10.0. The first-order valence-corrected chi connectivity index (χ1v) is 10.2. The molecule has 2 aliphatic rings. The van der Waals surface area contributed by atoms with Crippen LogP contribution in [0.3, 0.4) is 0 Å². The third-order valence-electron chi connectivity index (χ3n) is 4.74. The Kier molecular flexibility index (Phi) is 5.66. The quantitative estimate of drug-likeness (QED) is 0.741. The summed E-state index contributed by atoms with van der Waals surface area (Å²) >= 11 is 0. The van der Waals surface area contributed by atoms with Crippen LogP contribution in [-0.4, -0.2) is 67.9 Å². The summed E-state index contributed by atoms with van der Waals surface area (Å²) in [5.41, 5.74) is 0. The molecule has 1 amide bonds. The molecule has 0 unspecified atom stereocenters. The van der Waals surface area contributed by atoms with Crippen LogP contribution < -0.4 is 0 Å². The van der Waals surface area contributed by atoms with E-state index in [1.807, 2.05) is 6.92 Å². The van der Waals surface area contributed by atoms with Crippen molar-refractivity contribution in [2.75, 3.05) is 31.6 Å². The van der Waals surface area contributed by atoms with E-state index in [9.17, 15) is 13.2 Å². The molecule has 2 rings (SSSR count). The van der Waals surface area contributed by atoms with Gasteiger partial charge in [-0.1, -0.05) is 6.92 Å². The van der Waals surface area contributed by atoms with E-state index in [-0.39, 0.29) is 11.7 Å². The number of nitrogens with zero attached hydrogens (tertiary/aromatic N) is 2. The van der Waals surface area contributed by atoms with Gasteiger partial charge in [0.2, 0.25) is 5.91 Å². The summed E-state index contributed by atoms with van der Waals surface area (Å²) in [6.07, 6.45) is 7.07. The Labute approximate surface area is 128 Å². The minimum Gasteiger partial charge on any atom is -0.338 e. The standard InChI is InChI=1S/C15H28N2O3S/c1-3-15(18)17-11-5-8-14(17)13-7-4-9-16(13)10-6-12-21(2,19)20/h13-14H,3-12H2,1-2H3/t13-,14-/m0/s1. The maximum Gasteiger partial charge on any atom is 0.222 e. The molecule has 0 aromatic carbocycles. The minimum atomic E-state index is -2.87. The van der Waals surface area contributed by atoms with Gasteiger partial charge in [0.15, 0.2) is 0 Å². The van der Waals surface area contributed by atoms with E-state index in [0.29, 0.717) is 24.9 Å². The summed E-state index contributed by atoms with van der Waals surface area (Å²) in [6, 6.07) is 0.778. The van der Waals surface area contributed by atoms with E-state index in [1.165, 1.54) is 6.26 Å². The summed E-state index contributed by atoms with van der Waals surface area (Å²) in [5, 5.41) is 0. The highest BCUT2D eigenvalue weighted by molar-refractivity contribution is 7.90. The molecule has 2 fully saturated rings. The fourth-order valence-electron chi connectivity index (χ4n) is 3.80. The van der Waals surface area contributed by atoms with Crippen molar-refractivity contribution in [3.63, 3.8) is 0 Å². The Morgan fingerprint density at radius 1 is 1.14 bits per heavy atom. The van der Waals surface area contributed by atoms with Gasteiger partial charge in [0, 0.05) is 31.3 Å². The van der Waals surface area contributed by atoms with Gasteiger partial charge >= 0.3 is 0 Å². The highest BCUT2D eigenvalue weighted by atomic mass is 32.2. The molecule has 0 aromatic rings. The van der Waals surface area contributed by atoms with Crippen LogP contribution in [0.15, 0.2) is 0 Å². The zero-order valence-corrected chi connectivity index (χ0v) is 14.1. The molecule has 0 aromatic heterocycles. The number of hydrogen-bond acceptors (Lipinski definition) is 4. The third-order valence-corrected chi connectivity index (χ3v) is 5.77. The van der Waals surface area contributed by atoms with Gasteiger partial charge in [-0.15, -0.1) is 0 Å². The first-order chi connectivity index (χ1) is 9.92. The van der Waals surface area contributed by atoms with Gasteiger partial charge in [0.25, 0.3) is 0 Å². The zero-order valence-electron chi connectivity index (χ0n) is 13.3. The van der Waals surface area contributed by atoms with E-state index in [1.54, 1.807) is 0 Å². The molecule has 6 heteroatoms. The number of sulfone groups is 1. The van der Waals surface area contributed by atoms with Gasteiger partial charge in [0.05, 0.1) is 5.75 Å². The first-order valence-electron chi connectivity index (χ1n) is 8.13. The summed E-state index contributed by atoms with van der Waals surface area (Å²) in [6.45, 7) is 4.70. The number of carbonyl (C=O) groups excluding carboxylic acids is 1. The van der Waals surface area contributed by atoms with Crippen LogP contribution in [0, 0.1) is 0 Å². The van der Waals surface area contributed by atoms with Crippen molar-refractivity contribution in [3.05, 3.63) is 0 Å². The highest BCUT2D eigenvalue weighted by Crippen LogP contribution is 2.30. The summed E-state index contributed by atoms with van der Waals surface area (Å²) < 4.78 is 22.5. The van der Waals surface area contributed by atoms with Crippen molar-refractivity contribution < 1.29 is 13.2 Å². The largest absolute Gasteiger partial charge is 0.338 e. The maximum absolute atomic E-state index is 12.1. The van der Waals surface area contributed by atoms with Gasteiger partial charge in [-0.3, -0.25) is 9.69 Å². The van der Waals surface area contributed by atoms with Gasteiger partial charge in [-0.05, 0) is 45.2 Å². The van der Waals surface area contributed by atoms with Gasteiger partial charge in [-0.2, -0.15) is 0 Å². The molecule has 0 spiro atoms. The SMILES string of the molecule is CCC(=O)N1CCC[C@H]1[C@@H]1CCCN1CCCS(C)(=O)=O. The minimum absolute atomic E-state index is 0.262. The lowest BCUT2D eigenvalue weighted by molar-refractivity contribution is -0.132. The molecule has 2 atom stereocenters. The molecule has 0 bridgehead atoms. The van der Waals surface area contributed by atoms with Crippen molar-refractivity contribution in [2.45, 2.75) is 57.5 Å². The van der Waals surface area contributed by atoms with Crippen LogP contribution in [0.25, 0.3) is 0 Å². The monoisotopic (exact) mass is 316 g/mol. The van der Waals surface area contributed by atoms with Gasteiger partial charge in [-0.25, -0.2) is 8.42 Å². The van der Waals surface area contributed by atoms with E-state index in [2.05, 4.69) is 9.80 Å². The van der Waals surface area contributed by atoms with Crippen LogP contribution in [0.1, 0.15) is 45.4 Å². The van der Waals surface area contributed by atoms with Crippen LogP contribution in [0.5, 0.6) is 0 Å². The molecule has 122 valence electrons. The van der Waals surface area contributed by atoms with Crippen molar-refractivity contribution in [1.82, 2.24) is 9.80 Å². The number of rotatable bonds is 6. The Balaban J connectivity index is 1.93. The molecule has 0 N–H and O–H groups in total. The second-order valence-corrected chi connectivity index (χ2v) is 8.64. The smallest absolute Gasteiger partial charge is 0.222 e. The number of carbonyl (C=O) groups is 1. The molecule has 2 aliphatic heterocycles. The van der Waals surface area contributed by atoms with Crippen molar-refractivity contribution >= 4 is 15.7 Å². The number of likely N-dealkylation sites (tertiary alicyclic amines) is 2. The molecule has 2 saturated heterocycles. The summed E-state index contributed by atoms with van der Waals surface area (Å²) in [5.74, 6) is 0.527. The highest BCUT2D eigenvalue weighted by Gasteiger charge is 2.38. The average Bonchev–Trinajstić information content (AvgIpc) is 3.03. The second-order valence-electron chi connectivity index (χ2n) is 6.38. The van der Waals surface area contributed by atoms with Crippen molar-refractivity contribution in [1.29, 1.82) is 0 Å². The fourth-order valence-corrected chi connectivity index (χ4v) is 4.45.